The Bertz CT molecular complexity index is 680. The van der Waals surface area contributed by atoms with E-state index in [2.05, 4.69) is 19.6 Å². The number of benzene rings is 1. The molecule has 0 bridgehead atoms. The maximum Gasteiger partial charge on any atom is 0.213 e. The molecule has 3 aromatic rings. The molecule has 0 fully saturated rings. The van der Waals surface area contributed by atoms with Crippen molar-refractivity contribution in [2.45, 2.75) is 12.4 Å². The van der Waals surface area contributed by atoms with Crippen LogP contribution in [0.5, 0.6) is 0 Å². The summed E-state index contributed by atoms with van der Waals surface area (Å²) in [6.45, 7) is 0.346. The minimum absolute atomic E-state index is 0.230. The second-order valence-corrected chi connectivity index (χ2v) is 4.00. The number of fused-ring (bicyclic) bond motifs is 1. The van der Waals surface area contributed by atoms with Crippen LogP contribution in [0.3, 0.4) is 0 Å². The van der Waals surface area contributed by atoms with Crippen molar-refractivity contribution in [3.05, 3.63) is 42.1 Å². The summed E-state index contributed by atoms with van der Waals surface area (Å²) < 4.78 is 19.7. The minimum atomic E-state index is -0.321. The van der Waals surface area contributed by atoms with Crippen LogP contribution in [-0.2, 0) is 12.4 Å². The number of aromatic nitrogens is 4. The molecule has 0 aliphatic carbocycles. The van der Waals surface area contributed by atoms with Crippen molar-refractivity contribution in [2.75, 3.05) is 0 Å². The second-order valence-electron chi connectivity index (χ2n) is 3.73. The summed E-state index contributed by atoms with van der Waals surface area (Å²) in [5.74, 6) is 1.04. The molecule has 0 saturated heterocycles. The normalized spacial score (nSPS) is 11.2. The fourth-order valence-corrected chi connectivity index (χ4v) is 2.03. The van der Waals surface area contributed by atoms with Gasteiger partial charge in [-0.15, -0.1) is 11.6 Å². The monoisotopic (exact) mass is 266 g/mol. The van der Waals surface area contributed by atoms with Crippen molar-refractivity contribution >= 4 is 22.6 Å². The first-order valence-electron chi connectivity index (χ1n) is 5.24. The average molecular weight is 267 g/mol. The Morgan fingerprint density at radius 3 is 3.00 bits per heavy atom. The van der Waals surface area contributed by atoms with Gasteiger partial charge in [-0.2, -0.15) is 4.98 Å². The largest absolute Gasteiger partial charge is 0.343 e. The van der Waals surface area contributed by atoms with E-state index in [4.69, 9.17) is 11.6 Å². The Labute approximate surface area is 106 Å². The molecular formula is C11H8ClFN4O. The third-order valence-corrected chi connectivity index (χ3v) is 2.85. The van der Waals surface area contributed by atoms with E-state index in [-0.39, 0.29) is 11.7 Å². The lowest BCUT2D eigenvalue weighted by Crippen LogP contribution is -2.05. The molecule has 0 spiro atoms. The smallest absolute Gasteiger partial charge is 0.213 e. The lowest BCUT2D eigenvalue weighted by Gasteiger charge is -2.03. The van der Waals surface area contributed by atoms with Gasteiger partial charge in [-0.3, -0.25) is 0 Å². The highest BCUT2D eigenvalue weighted by molar-refractivity contribution is 6.16. The molecule has 0 amide bonds. The SMILES string of the molecule is Fc1ccc2nc(CCl)n(Cc3ncon3)c2c1. The predicted octanol–water partition coefficient (Wildman–Crippen LogP) is 2.35. The van der Waals surface area contributed by atoms with Gasteiger partial charge in [0.05, 0.1) is 23.5 Å². The highest BCUT2D eigenvalue weighted by Gasteiger charge is 2.12. The summed E-state index contributed by atoms with van der Waals surface area (Å²) in [5.41, 5.74) is 1.35. The zero-order valence-corrected chi connectivity index (χ0v) is 9.93. The molecule has 1 aromatic carbocycles. The molecule has 2 aromatic heterocycles. The van der Waals surface area contributed by atoms with Crippen LogP contribution in [0.15, 0.2) is 29.1 Å². The molecule has 0 radical (unpaired) electrons. The summed E-state index contributed by atoms with van der Waals surface area (Å²) in [4.78, 5) is 8.26. The van der Waals surface area contributed by atoms with E-state index < -0.39 is 0 Å². The molecule has 0 N–H and O–H groups in total. The van der Waals surface area contributed by atoms with Gasteiger partial charge in [0.15, 0.2) is 5.82 Å². The van der Waals surface area contributed by atoms with Crippen molar-refractivity contribution in [3.63, 3.8) is 0 Å². The van der Waals surface area contributed by atoms with Gasteiger partial charge in [0.25, 0.3) is 0 Å². The quantitative estimate of drug-likeness (QED) is 0.683. The maximum absolute atomic E-state index is 13.3. The van der Waals surface area contributed by atoms with Crippen molar-refractivity contribution in [1.29, 1.82) is 0 Å². The van der Waals surface area contributed by atoms with Gasteiger partial charge in [-0.1, -0.05) is 5.16 Å². The number of halogens is 2. The Morgan fingerprint density at radius 1 is 1.39 bits per heavy atom. The molecule has 92 valence electrons. The van der Waals surface area contributed by atoms with Crippen LogP contribution < -0.4 is 0 Å². The summed E-state index contributed by atoms with van der Waals surface area (Å²) >= 11 is 5.84. The van der Waals surface area contributed by atoms with Gasteiger partial charge in [0.1, 0.15) is 11.6 Å². The lowest BCUT2D eigenvalue weighted by molar-refractivity contribution is 0.408. The minimum Gasteiger partial charge on any atom is -0.343 e. The van der Waals surface area contributed by atoms with Crippen LogP contribution >= 0.6 is 11.6 Å². The fourth-order valence-electron chi connectivity index (χ4n) is 1.83. The Hall–Kier alpha value is -1.95. The van der Waals surface area contributed by atoms with Gasteiger partial charge in [0.2, 0.25) is 6.39 Å². The van der Waals surface area contributed by atoms with E-state index >= 15 is 0 Å². The topological polar surface area (TPSA) is 56.7 Å². The molecule has 3 rings (SSSR count). The standard InChI is InChI=1S/C11H8ClFN4O/c12-4-11-15-8-2-1-7(13)3-9(8)17(11)5-10-14-6-18-16-10/h1-3,6H,4-5H2. The second kappa shape index (κ2) is 4.38. The Kier molecular flexibility index (Phi) is 2.71. The van der Waals surface area contributed by atoms with Gasteiger partial charge in [0, 0.05) is 0 Å². The summed E-state index contributed by atoms with van der Waals surface area (Å²) in [5, 5.41) is 3.72. The fraction of sp³-hybridized carbons (Fsp3) is 0.182. The maximum atomic E-state index is 13.3. The summed E-state index contributed by atoms with van der Waals surface area (Å²) in [6.07, 6.45) is 1.25. The zero-order valence-electron chi connectivity index (χ0n) is 9.18. The third kappa shape index (κ3) is 1.84. The van der Waals surface area contributed by atoms with E-state index in [1.54, 1.807) is 10.6 Å². The van der Waals surface area contributed by atoms with Crippen LogP contribution in [0.1, 0.15) is 11.6 Å². The first-order chi connectivity index (χ1) is 8.78. The molecule has 7 heteroatoms. The van der Waals surface area contributed by atoms with Crippen molar-refractivity contribution in [3.8, 4) is 0 Å². The molecule has 2 heterocycles. The van der Waals surface area contributed by atoms with E-state index in [1.165, 1.54) is 18.5 Å². The highest BCUT2D eigenvalue weighted by atomic mass is 35.5. The van der Waals surface area contributed by atoms with Gasteiger partial charge >= 0.3 is 0 Å². The molecular weight excluding hydrogens is 259 g/mol. The number of hydrogen-bond donors (Lipinski definition) is 0. The summed E-state index contributed by atoms with van der Waals surface area (Å²) in [7, 11) is 0. The zero-order chi connectivity index (χ0) is 12.5. The van der Waals surface area contributed by atoms with Crippen molar-refractivity contribution in [1.82, 2.24) is 19.7 Å². The number of rotatable bonds is 3. The van der Waals surface area contributed by atoms with Crippen LogP contribution in [-0.4, -0.2) is 19.7 Å². The van der Waals surface area contributed by atoms with Crippen LogP contribution in [0.2, 0.25) is 0 Å². The highest BCUT2D eigenvalue weighted by Crippen LogP contribution is 2.19. The number of nitrogens with zero attached hydrogens (tertiary/aromatic N) is 4. The Balaban J connectivity index is 2.15. The molecule has 0 unspecified atom stereocenters. The molecule has 0 aliphatic heterocycles. The Morgan fingerprint density at radius 2 is 2.28 bits per heavy atom. The van der Waals surface area contributed by atoms with E-state index in [0.29, 0.717) is 29.2 Å². The van der Waals surface area contributed by atoms with Crippen LogP contribution in [0, 0.1) is 5.82 Å². The van der Waals surface area contributed by atoms with Crippen molar-refractivity contribution < 1.29 is 8.91 Å². The number of alkyl halides is 1. The van der Waals surface area contributed by atoms with E-state index in [9.17, 15) is 4.39 Å². The summed E-state index contributed by atoms with van der Waals surface area (Å²) in [6, 6.07) is 4.40. The van der Waals surface area contributed by atoms with Crippen LogP contribution in [0.4, 0.5) is 4.39 Å². The van der Waals surface area contributed by atoms with Crippen LogP contribution in [0.25, 0.3) is 11.0 Å². The van der Waals surface area contributed by atoms with E-state index in [1.807, 2.05) is 0 Å². The molecule has 5 nitrogen and oxygen atoms in total. The first-order valence-corrected chi connectivity index (χ1v) is 5.77. The third-order valence-electron chi connectivity index (χ3n) is 2.62. The molecule has 0 aliphatic rings. The lowest BCUT2D eigenvalue weighted by atomic mass is 10.3. The predicted molar refractivity (Wildman–Crippen MR) is 62.6 cm³/mol. The van der Waals surface area contributed by atoms with Gasteiger partial charge in [-0.25, -0.2) is 9.37 Å². The average Bonchev–Trinajstić information content (AvgIpc) is 2.98. The number of hydrogen-bond acceptors (Lipinski definition) is 4. The molecule has 0 atom stereocenters. The van der Waals surface area contributed by atoms with Gasteiger partial charge in [-0.05, 0) is 18.2 Å². The van der Waals surface area contributed by atoms with Crippen molar-refractivity contribution in [2.24, 2.45) is 0 Å². The number of imidazole rings is 1. The van der Waals surface area contributed by atoms with E-state index in [0.717, 1.165) is 0 Å². The molecule has 0 saturated carbocycles. The first kappa shape index (κ1) is 11.2. The molecule has 18 heavy (non-hydrogen) atoms. The van der Waals surface area contributed by atoms with Gasteiger partial charge < -0.3 is 9.09 Å².